The topological polar surface area (TPSA) is 83.8 Å². The van der Waals surface area contributed by atoms with Gasteiger partial charge in [0.25, 0.3) is 0 Å². The van der Waals surface area contributed by atoms with Crippen LogP contribution in [0.2, 0.25) is 0 Å². The largest absolute Gasteiger partial charge is 0.396 e. The standard InChI is InChI=1S/C6H10O5S/c1-5(3-2-4-7)6(8)11-12(9)10/h3,7H,2,4H2,1H3,(H,9,10). The van der Waals surface area contributed by atoms with E-state index >= 15 is 0 Å². The van der Waals surface area contributed by atoms with Gasteiger partial charge in [0.15, 0.2) is 0 Å². The van der Waals surface area contributed by atoms with E-state index in [0.29, 0.717) is 6.42 Å². The average molecular weight is 194 g/mol. The summed E-state index contributed by atoms with van der Waals surface area (Å²) in [5.74, 6) is -0.857. The van der Waals surface area contributed by atoms with E-state index in [1.807, 2.05) is 0 Å². The lowest BCUT2D eigenvalue weighted by atomic mass is 10.2. The van der Waals surface area contributed by atoms with Crippen LogP contribution in [-0.4, -0.2) is 26.4 Å². The number of hydrogen-bond donors (Lipinski definition) is 2. The van der Waals surface area contributed by atoms with Crippen molar-refractivity contribution in [2.45, 2.75) is 13.3 Å². The van der Waals surface area contributed by atoms with Gasteiger partial charge in [0.1, 0.15) is 0 Å². The van der Waals surface area contributed by atoms with Gasteiger partial charge in [-0.3, -0.25) is 4.55 Å². The maximum absolute atomic E-state index is 10.7. The first-order chi connectivity index (χ1) is 5.57. The second-order valence-corrected chi connectivity index (χ2v) is 2.59. The van der Waals surface area contributed by atoms with E-state index < -0.39 is 17.3 Å². The monoisotopic (exact) mass is 194 g/mol. The van der Waals surface area contributed by atoms with E-state index in [1.165, 1.54) is 13.0 Å². The molecule has 1 atom stereocenters. The van der Waals surface area contributed by atoms with Crippen LogP contribution in [-0.2, 0) is 20.3 Å². The molecule has 0 amide bonds. The lowest BCUT2D eigenvalue weighted by molar-refractivity contribution is -0.129. The van der Waals surface area contributed by atoms with Gasteiger partial charge in [-0.1, -0.05) is 6.08 Å². The number of aliphatic hydroxyl groups is 1. The zero-order chi connectivity index (χ0) is 9.56. The molecule has 0 saturated heterocycles. The highest BCUT2D eigenvalue weighted by Gasteiger charge is 2.07. The van der Waals surface area contributed by atoms with Crippen molar-refractivity contribution in [3.05, 3.63) is 11.6 Å². The molecule has 0 aromatic rings. The highest BCUT2D eigenvalue weighted by Crippen LogP contribution is 1.99. The van der Waals surface area contributed by atoms with Crippen LogP contribution in [0.4, 0.5) is 0 Å². The van der Waals surface area contributed by atoms with Crippen LogP contribution in [0.3, 0.4) is 0 Å². The zero-order valence-electron chi connectivity index (χ0n) is 6.52. The first kappa shape index (κ1) is 11.3. The molecule has 0 saturated carbocycles. The summed E-state index contributed by atoms with van der Waals surface area (Å²) in [6, 6.07) is 0. The second kappa shape index (κ2) is 5.87. The molecule has 5 nitrogen and oxygen atoms in total. The average Bonchev–Trinajstić information content (AvgIpc) is 1.98. The summed E-state index contributed by atoms with van der Waals surface area (Å²) in [6.07, 6.45) is 1.74. The third-order valence-electron chi connectivity index (χ3n) is 1.05. The van der Waals surface area contributed by atoms with E-state index in [2.05, 4.69) is 4.18 Å². The number of carbonyl (C=O) groups excluding carboxylic acids is 1. The molecular formula is C6H10O5S. The molecule has 0 radical (unpaired) electrons. The Morgan fingerprint density at radius 1 is 1.67 bits per heavy atom. The summed E-state index contributed by atoms with van der Waals surface area (Å²) in [6.45, 7) is 1.36. The summed E-state index contributed by atoms with van der Waals surface area (Å²) in [5, 5.41) is 8.37. The fourth-order valence-electron chi connectivity index (χ4n) is 0.495. The number of rotatable bonds is 4. The maximum Gasteiger partial charge on any atom is 0.360 e. The van der Waals surface area contributed by atoms with Gasteiger partial charge in [0.05, 0.1) is 0 Å². The van der Waals surface area contributed by atoms with Gasteiger partial charge in [-0.25, -0.2) is 4.79 Å². The molecule has 70 valence electrons. The zero-order valence-corrected chi connectivity index (χ0v) is 7.34. The third-order valence-corrected chi connectivity index (χ3v) is 1.34. The Bertz CT molecular complexity index is 210. The molecule has 2 N–H and O–H groups in total. The summed E-state index contributed by atoms with van der Waals surface area (Å²) >= 11 is -2.57. The van der Waals surface area contributed by atoms with E-state index in [9.17, 15) is 9.00 Å². The highest BCUT2D eigenvalue weighted by atomic mass is 32.2. The molecule has 0 aliphatic heterocycles. The van der Waals surface area contributed by atoms with Gasteiger partial charge >= 0.3 is 17.3 Å². The van der Waals surface area contributed by atoms with Crippen molar-refractivity contribution in [2.75, 3.05) is 6.61 Å². The SMILES string of the molecule is CC(=CCCO)C(=O)OS(=O)O. The Balaban J connectivity index is 4.00. The van der Waals surface area contributed by atoms with Gasteiger partial charge in [0.2, 0.25) is 0 Å². The molecule has 0 rings (SSSR count). The Kier molecular flexibility index (Phi) is 5.52. The van der Waals surface area contributed by atoms with Crippen molar-refractivity contribution >= 4 is 17.3 Å². The summed E-state index contributed by atoms with van der Waals surface area (Å²) < 4.78 is 22.1. The molecule has 1 unspecified atom stereocenters. The highest BCUT2D eigenvalue weighted by molar-refractivity contribution is 7.74. The molecule has 0 spiro atoms. The molecule has 0 fully saturated rings. The molecule has 0 bridgehead atoms. The predicted octanol–water partition coefficient (Wildman–Crippen LogP) is -0.00500. The fourth-order valence-corrected chi connectivity index (χ4v) is 0.756. The first-order valence-corrected chi connectivity index (χ1v) is 4.22. The molecule has 6 heteroatoms. The molecule has 0 aromatic heterocycles. The minimum Gasteiger partial charge on any atom is -0.396 e. The first-order valence-electron chi connectivity index (χ1n) is 3.19. The van der Waals surface area contributed by atoms with Crippen LogP contribution in [0.25, 0.3) is 0 Å². The van der Waals surface area contributed by atoms with Gasteiger partial charge < -0.3 is 9.29 Å². The van der Waals surface area contributed by atoms with Crippen LogP contribution >= 0.6 is 0 Å². The molecule has 12 heavy (non-hydrogen) atoms. The van der Waals surface area contributed by atoms with E-state index in [1.54, 1.807) is 0 Å². The van der Waals surface area contributed by atoms with Gasteiger partial charge in [-0.05, 0) is 13.3 Å². The molecular weight excluding hydrogens is 184 g/mol. The third kappa shape index (κ3) is 5.00. The normalized spacial score (nSPS) is 14.1. The number of carbonyl (C=O) groups is 1. The summed E-state index contributed by atoms with van der Waals surface area (Å²) in [7, 11) is 0. The lowest BCUT2D eigenvalue weighted by Crippen LogP contribution is -2.07. The van der Waals surface area contributed by atoms with Crippen molar-refractivity contribution in [1.29, 1.82) is 0 Å². The van der Waals surface area contributed by atoms with Crippen LogP contribution in [0, 0.1) is 0 Å². The molecule has 0 aliphatic carbocycles. The lowest BCUT2D eigenvalue weighted by Gasteiger charge is -1.97. The second-order valence-electron chi connectivity index (χ2n) is 1.99. The molecule has 0 heterocycles. The van der Waals surface area contributed by atoms with E-state index in [4.69, 9.17) is 9.66 Å². The van der Waals surface area contributed by atoms with Gasteiger partial charge in [0, 0.05) is 12.2 Å². The smallest absolute Gasteiger partial charge is 0.360 e. The Labute approximate surface area is 72.5 Å². The maximum atomic E-state index is 10.7. The molecule has 0 aliphatic rings. The van der Waals surface area contributed by atoms with Gasteiger partial charge in [-0.2, -0.15) is 4.21 Å². The Morgan fingerprint density at radius 3 is 2.67 bits per heavy atom. The van der Waals surface area contributed by atoms with Crippen LogP contribution < -0.4 is 0 Å². The van der Waals surface area contributed by atoms with Crippen molar-refractivity contribution < 1.29 is 22.8 Å². The molecule has 0 aromatic carbocycles. The van der Waals surface area contributed by atoms with Crippen molar-refractivity contribution in [2.24, 2.45) is 0 Å². The van der Waals surface area contributed by atoms with E-state index in [0.717, 1.165) is 0 Å². The summed E-state index contributed by atoms with van der Waals surface area (Å²) in [4.78, 5) is 10.7. The van der Waals surface area contributed by atoms with Gasteiger partial charge in [-0.15, -0.1) is 0 Å². The van der Waals surface area contributed by atoms with Crippen LogP contribution in [0.5, 0.6) is 0 Å². The number of aliphatic hydroxyl groups excluding tert-OH is 1. The predicted molar refractivity (Wildman–Crippen MR) is 42.3 cm³/mol. The van der Waals surface area contributed by atoms with Crippen molar-refractivity contribution in [3.8, 4) is 0 Å². The van der Waals surface area contributed by atoms with Crippen LogP contribution in [0.1, 0.15) is 13.3 Å². The quantitative estimate of drug-likeness (QED) is 0.486. The Morgan fingerprint density at radius 2 is 2.25 bits per heavy atom. The van der Waals surface area contributed by atoms with Crippen molar-refractivity contribution in [3.63, 3.8) is 0 Å². The summed E-state index contributed by atoms with van der Waals surface area (Å²) in [5.41, 5.74) is 0.200. The minimum atomic E-state index is -2.57. The Hall–Kier alpha value is -0.720. The fraction of sp³-hybridized carbons (Fsp3) is 0.500. The van der Waals surface area contributed by atoms with Crippen molar-refractivity contribution in [1.82, 2.24) is 0 Å². The van der Waals surface area contributed by atoms with Crippen LogP contribution in [0.15, 0.2) is 11.6 Å². The number of hydrogen-bond acceptors (Lipinski definition) is 4. The van der Waals surface area contributed by atoms with E-state index in [-0.39, 0.29) is 12.2 Å². The minimum absolute atomic E-state index is 0.0766.